The van der Waals surface area contributed by atoms with Crippen LogP contribution in [-0.2, 0) is 4.74 Å². The second-order valence-electron chi connectivity index (χ2n) is 7.99. The maximum absolute atomic E-state index is 13.4. The summed E-state index contributed by atoms with van der Waals surface area (Å²) in [6.45, 7) is 3.77. The van der Waals surface area contributed by atoms with Crippen molar-refractivity contribution in [3.8, 4) is 17.2 Å². The van der Waals surface area contributed by atoms with Gasteiger partial charge in [-0.3, -0.25) is 9.80 Å². The van der Waals surface area contributed by atoms with Crippen LogP contribution in [0.4, 0.5) is 4.79 Å². The van der Waals surface area contributed by atoms with Crippen molar-refractivity contribution in [3.63, 3.8) is 0 Å². The Kier molecular flexibility index (Phi) is 9.38. The number of ether oxygens (including phenoxy) is 4. The van der Waals surface area contributed by atoms with Crippen molar-refractivity contribution in [3.05, 3.63) is 29.3 Å². The SMILES string of the molecule is CCOC(=O)Oc1c(OC)cc(C(=O)N2CCCN2C(=S)NCCC2=CCCCC2)cc1OC. The Hall–Kier alpha value is -3.01. The van der Waals surface area contributed by atoms with Crippen LogP contribution in [0.1, 0.15) is 55.8 Å². The van der Waals surface area contributed by atoms with E-state index in [0.29, 0.717) is 23.8 Å². The number of benzene rings is 1. The highest BCUT2D eigenvalue weighted by Crippen LogP contribution is 2.39. The molecular weight excluding hydrogens is 458 g/mol. The highest BCUT2D eigenvalue weighted by molar-refractivity contribution is 7.80. The van der Waals surface area contributed by atoms with Gasteiger partial charge in [0.2, 0.25) is 5.75 Å². The first-order valence-electron chi connectivity index (χ1n) is 11.6. The number of carbonyl (C=O) groups excluding carboxylic acids is 2. The highest BCUT2D eigenvalue weighted by Gasteiger charge is 2.31. The minimum Gasteiger partial charge on any atom is -0.493 e. The number of hydrogen-bond donors (Lipinski definition) is 1. The number of hydrazine groups is 1. The summed E-state index contributed by atoms with van der Waals surface area (Å²) in [5, 5.41) is 7.25. The van der Waals surface area contributed by atoms with Crippen LogP contribution in [0.5, 0.6) is 17.2 Å². The molecule has 10 heteroatoms. The van der Waals surface area contributed by atoms with Gasteiger partial charge in [0.05, 0.1) is 20.8 Å². The molecule has 1 aromatic carbocycles. The molecular formula is C24H33N3O6S. The van der Waals surface area contributed by atoms with Crippen molar-refractivity contribution < 1.29 is 28.5 Å². The molecule has 0 radical (unpaired) electrons. The van der Waals surface area contributed by atoms with Crippen LogP contribution in [0.2, 0.25) is 0 Å². The lowest BCUT2D eigenvalue weighted by atomic mass is 9.97. The van der Waals surface area contributed by atoms with Gasteiger partial charge < -0.3 is 24.3 Å². The van der Waals surface area contributed by atoms with Crippen molar-refractivity contribution in [1.82, 2.24) is 15.3 Å². The number of amides is 1. The lowest BCUT2D eigenvalue weighted by Gasteiger charge is -2.30. The summed E-state index contributed by atoms with van der Waals surface area (Å²) in [6, 6.07) is 3.03. The van der Waals surface area contributed by atoms with Crippen molar-refractivity contribution in [2.45, 2.75) is 45.4 Å². The minimum absolute atomic E-state index is 0.0486. The third-order valence-corrected chi connectivity index (χ3v) is 6.12. The Morgan fingerprint density at radius 1 is 1.06 bits per heavy atom. The molecule has 0 atom stereocenters. The van der Waals surface area contributed by atoms with Crippen LogP contribution in [0, 0.1) is 0 Å². The molecule has 1 aliphatic heterocycles. The predicted molar refractivity (Wildman–Crippen MR) is 131 cm³/mol. The van der Waals surface area contributed by atoms with Crippen molar-refractivity contribution in [2.75, 3.05) is 40.5 Å². The summed E-state index contributed by atoms with van der Waals surface area (Å²) in [7, 11) is 2.84. The number of nitrogens with zero attached hydrogens (tertiary/aromatic N) is 2. The van der Waals surface area contributed by atoms with Crippen LogP contribution in [0.15, 0.2) is 23.8 Å². The fourth-order valence-corrected chi connectivity index (χ4v) is 4.36. The minimum atomic E-state index is -0.885. The summed E-state index contributed by atoms with van der Waals surface area (Å²) >= 11 is 5.60. The number of hydrogen-bond acceptors (Lipinski definition) is 7. The largest absolute Gasteiger partial charge is 0.514 e. The first kappa shape index (κ1) is 25.6. The van der Waals surface area contributed by atoms with Crippen molar-refractivity contribution in [2.24, 2.45) is 0 Å². The predicted octanol–water partition coefficient (Wildman–Crippen LogP) is 4.07. The molecule has 1 aromatic rings. The standard InChI is InChI=1S/C24H33N3O6S/c1-4-32-24(29)33-21-19(30-2)15-18(16-20(21)31-3)22(28)26-13-8-14-27(26)23(34)25-12-11-17-9-6-5-7-10-17/h9,15-16H,4-8,10-14H2,1-3H3,(H,25,34). The second kappa shape index (κ2) is 12.5. The lowest BCUT2D eigenvalue weighted by molar-refractivity contribution is 0.0491. The molecule has 1 saturated heterocycles. The van der Waals surface area contributed by atoms with Gasteiger partial charge in [-0.1, -0.05) is 11.6 Å². The normalized spacial score (nSPS) is 15.4. The topological polar surface area (TPSA) is 89.6 Å². The molecule has 2 aliphatic rings. The van der Waals surface area contributed by atoms with Gasteiger partial charge in [0.15, 0.2) is 16.6 Å². The lowest BCUT2D eigenvalue weighted by Crippen LogP contribution is -2.49. The Morgan fingerprint density at radius 2 is 1.76 bits per heavy atom. The van der Waals surface area contributed by atoms with E-state index in [1.807, 2.05) is 0 Å². The van der Waals surface area contributed by atoms with Gasteiger partial charge in [0.25, 0.3) is 5.91 Å². The van der Waals surface area contributed by atoms with E-state index in [9.17, 15) is 9.59 Å². The molecule has 186 valence electrons. The summed E-state index contributed by atoms with van der Waals surface area (Å²) < 4.78 is 20.8. The van der Waals surface area contributed by atoms with Crippen LogP contribution in [0.25, 0.3) is 0 Å². The third-order valence-electron chi connectivity index (χ3n) is 5.76. The summed E-state index contributed by atoms with van der Waals surface area (Å²) in [5.41, 5.74) is 1.80. The quantitative estimate of drug-likeness (QED) is 0.250. The Labute approximate surface area is 205 Å². The van der Waals surface area contributed by atoms with Crippen molar-refractivity contribution in [1.29, 1.82) is 0 Å². The molecule has 0 unspecified atom stereocenters. The first-order chi connectivity index (χ1) is 16.5. The van der Waals surface area contributed by atoms with Crippen molar-refractivity contribution >= 4 is 29.4 Å². The summed E-state index contributed by atoms with van der Waals surface area (Å²) in [4.78, 5) is 25.2. The van der Waals surface area contributed by atoms with E-state index in [4.69, 9.17) is 31.2 Å². The van der Waals surface area contributed by atoms with E-state index in [1.165, 1.54) is 44.8 Å². The average molecular weight is 492 g/mol. The molecule has 34 heavy (non-hydrogen) atoms. The van der Waals surface area contributed by atoms with Gasteiger partial charge in [0, 0.05) is 25.2 Å². The van der Waals surface area contributed by atoms with E-state index in [-0.39, 0.29) is 29.8 Å². The smallest absolute Gasteiger partial charge is 0.493 e. The zero-order chi connectivity index (χ0) is 24.5. The van der Waals surface area contributed by atoms with E-state index in [2.05, 4.69) is 11.4 Å². The van der Waals surface area contributed by atoms with Gasteiger partial charge in [0.1, 0.15) is 0 Å². The number of carbonyl (C=O) groups is 2. The fourth-order valence-electron chi connectivity index (χ4n) is 4.07. The third kappa shape index (κ3) is 6.31. The molecule has 0 bridgehead atoms. The summed E-state index contributed by atoms with van der Waals surface area (Å²) in [6.07, 6.45) is 8.04. The maximum atomic E-state index is 13.4. The monoisotopic (exact) mass is 491 g/mol. The molecule has 1 fully saturated rings. The Bertz CT molecular complexity index is 910. The molecule has 1 N–H and O–H groups in total. The van der Waals surface area contributed by atoms with Gasteiger partial charge in [-0.05, 0) is 69.8 Å². The molecule has 1 heterocycles. The molecule has 0 saturated carbocycles. The average Bonchev–Trinajstić information content (AvgIpc) is 3.34. The number of thiocarbonyl (C=S) groups is 1. The molecule has 1 amide bonds. The highest BCUT2D eigenvalue weighted by atomic mass is 32.1. The zero-order valence-corrected chi connectivity index (χ0v) is 20.9. The number of allylic oxidation sites excluding steroid dienone is 1. The van der Waals surface area contributed by atoms with E-state index < -0.39 is 6.16 Å². The van der Waals surface area contributed by atoms with Gasteiger partial charge in [-0.25, -0.2) is 9.80 Å². The van der Waals surface area contributed by atoms with Crippen LogP contribution < -0.4 is 19.5 Å². The fraction of sp³-hybridized carbons (Fsp3) is 0.542. The molecule has 1 aliphatic carbocycles. The number of methoxy groups -OCH3 is 2. The molecule has 0 spiro atoms. The van der Waals surface area contributed by atoms with Gasteiger partial charge in [-0.2, -0.15) is 0 Å². The Balaban J connectivity index is 1.70. The molecule has 0 aromatic heterocycles. The van der Waals surface area contributed by atoms with Crippen LogP contribution >= 0.6 is 12.2 Å². The number of nitrogens with one attached hydrogen (secondary N) is 1. The summed E-state index contributed by atoms with van der Waals surface area (Å²) in [5.74, 6) is 0.161. The first-order valence-corrected chi connectivity index (χ1v) is 12.0. The van der Waals surface area contributed by atoms with E-state index in [1.54, 1.807) is 16.9 Å². The zero-order valence-electron chi connectivity index (χ0n) is 20.1. The van der Waals surface area contributed by atoms with E-state index in [0.717, 1.165) is 32.2 Å². The van der Waals surface area contributed by atoms with Crippen LogP contribution in [0.3, 0.4) is 0 Å². The van der Waals surface area contributed by atoms with Gasteiger partial charge in [-0.15, -0.1) is 0 Å². The maximum Gasteiger partial charge on any atom is 0.514 e. The van der Waals surface area contributed by atoms with Crippen LogP contribution in [-0.4, -0.2) is 67.7 Å². The van der Waals surface area contributed by atoms with E-state index >= 15 is 0 Å². The number of rotatable bonds is 8. The van der Waals surface area contributed by atoms with Gasteiger partial charge >= 0.3 is 6.16 Å². The molecule has 9 nitrogen and oxygen atoms in total. The second-order valence-corrected chi connectivity index (χ2v) is 8.38. The Morgan fingerprint density at radius 3 is 2.38 bits per heavy atom. The molecule has 3 rings (SSSR count).